The molecule has 0 radical (unpaired) electrons. The minimum absolute atomic E-state index is 0.192. The maximum absolute atomic E-state index is 13.2. The molecule has 146 valence electrons. The number of rotatable bonds is 6. The van der Waals surface area contributed by atoms with Crippen molar-refractivity contribution >= 4 is 17.7 Å². The van der Waals surface area contributed by atoms with Gasteiger partial charge in [0.05, 0.1) is 26.3 Å². The lowest BCUT2D eigenvalue weighted by Gasteiger charge is -2.22. The highest BCUT2D eigenvalue weighted by Gasteiger charge is 2.49. The first-order chi connectivity index (χ1) is 13.3. The van der Waals surface area contributed by atoms with E-state index in [1.807, 2.05) is 0 Å². The van der Waals surface area contributed by atoms with E-state index in [1.54, 1.807) is 12.1 Å². The van der Waals surface area contributed by atoms with Crippen LogP contribution in [0.5, 0.6) is 11.5 Å². The summed E-state index contributed by atoms with van der Waals surface area (Å²) in [6, 6.07) is 9.23. The second kappa shape index (κ2) is 7.30. The first-order valence-corrected chi connectivity index (χ1v) is 8.45. The smallest absolute Gasteiger partial charge is 0.325 e. The van der Waals surface area contributed by atoms with Gasteiger partial charge in [-0.05, 0) is 42.8 Å². The molecular weight excluding hydrogens is 367 g/mol. The molecule has 3 amide bonds. The summed E-state index contributed by atoms with van der Waals surface area (Å²) in [5, 5.41) is 2.58. The summed E-state index contributed by atoms with van der Waals surface area (Å²) >= 11 is 0. The second-order valence-corrected chi connectivity index (χ2v) is 6.44. The third-order valence-corrected chi connectivity index (χ3v) is 4.71. The molecule has 1 aliphatic rings. The van der Waals surface area contributed by atoms with Gasteiger partial charge in [-0.3, -0.25) is 14.5 Å². The number of carbonyl (C=O) groups excluding carboxylic acids is 3. The fourth-order valence-corrected chi connectivity index (χ4v) is 3.08. The summed E-state index contributed by atoms with van der Waals surface area (Å²) in [6.45, 7) is 1.04. The summed E-state index contributed by atoms with van der Waals surface area (Å²) < 4.78 is 23.5. The van der Waals surface area contributed by atoms with Crippen LogP contribution in [0.3, 0.4) is 0 Å². The number of ketones is 1. The Morgan fingerprint density at radius 1 is 1.11 bits per heavy atom. The number of methoxy groups -OCH3 is 2. The Bertz CT molecular complexity index is 944. The van der Waals surface area contributed by atoms with Crippen LogP contribution in [0.1, 0.15) is 22.8 Å². The van der Waals surface area contributed by atoms with Crippen LogP contribution in [0, 0.1) is 5.82 Å². The third-order valence-electron chi connectivity index (χ3n) is 4.71. The molecule has 0 spiro atoms. The summed E-state index contributed by atoms with van der Waals surface area (Å²) in [4.78, 5) is 38.9. The van der Waals surface area contributed by atoms with E-state index in [4.69, 9.17) is 9.47 Å². The van der Waals surface area contributed by atoms with Crippen molar-refractivity contribution in [3.8, 4) is 11.5 Å². The van der Waals surface area contributed by atoms with Gasteiger partial charge in [-0.2, -0.15) is 0 Å². The number of hydrogen-bond donors (Lipinski definition) is 1. The number of benzene rings is 2. The number of carbonyl (C=O) groups is 3. The lowest BCUT2D eigenvalue weighted by atomic mass is 9.92. The average molecular weight is 386 g/mol. The van der Waals surface area contributed by atoms with Gasteiger partial charge in [-0.25, -0.2) is 9.18 Å². The lowest BCUT2D eigenvalue weighted by Crippen LogP contribution is -2.41. The number of halogens is 1. The molecule has 0 bridgehead atoms. The van der Waals surface area contributed by atoms with E-state index in [-0.39, 0.29) is 5.56 Å². The van der Waals surface area contributed by atoms with Crippen LogP contribution in [0.15, 0.2) is 42.5 Å². The van der Waals surface area contributed by atoms with E-state index in [2.05, 4.69) is 5.32 Å². The van der Waals surface area contributed by atoms with Crippen LogP contribution in [0.2, 0.25) is 0 Å². The Labute approximate surface area is 161 Å². The van der Waals surface area contributed by atoms with Gasteiger partial charge in [0.25, 0.3) is 5.91 Å². The zero-order valence-corrected chi connectivity index (χ0v) is 15.6. The fraction of sp³-hybridized carbons (Fsp3) is 0.250. The van der Waals surface area contributed by atoms with E-state index in [9.17, 15) is 18.8 Å². The molecule has 2 aromatic rings. The number of nitrogens with one attached hydrogen (secondary N) is 1. The molecule has 1 heterocycles. The first-order valence-electron chi connectivity index (χ1n) is 8.45. The highest BCUT2D eigenvalue weighted by Crippen LogP contribution is 2.30. The van der Waals surface area contributed by atoms with Gasteiger partial charge in [0, 0.05) is 0 Å². The minimum Gasteiger partial charge on any atom is -0.497 e. The zero-order chi connectivity index (χ0) is 20.5. The van der Waals surface area contributed by atoms with E-state index in [0.29, 0.717) is 17.1 Å². The van der Waals surface area contributed by atoms with Gasteiger partial charge >= 0.3 is 6.03 Å². The van der Waals surface area contributed by atoms with Gasteiger partial charge in [0.15, 0.2) is 5.78 Å². The summed E-state index contributed by atoms with van der Waals surface area (Å²) in [6.07, 6.45) is 0. The van der Waals surface area contributed by atoms with Crippen LogP contribution in [-0.4, -0.2) is 43.4 Å². The summed E-state index contributed by atoms with van der Waals surface area (Å²) in [5.41, 5.74) is -0.775. The molecule has 1 saturated heterocycles. The number of nitrogens with zero attached hydrogens (tertiary/aromatic N) is 1. The maximum Gasteiger partial charge on any atom is 0.325 e. The number of imide groups is 1. The maximum atomic E-state index is 13.2. The molecule has 0 aromatic heterocycles. The number of amides is 3. The lowest BCUT2D eigenvalue weighted by molar-refractivity contribution is -0.130. The third kappa shape index (κ3) is 3.28. The van der Waals surface area contributed by atoms with E-state index < -0.39 is 35.6 Å². The predicted octanol–water partition coefficient (Wildman–Crippen LogP) is 2.49. The molecule has 3 rings (SSSR count). The Morgan fingerprint density at radius 2 is 1.79 bits per heavy atom. The Morgan fingerprint density at radius 3 is 2.39 bits per heavy atom. The Hall–Kier alpha value is -3.42. The van der Waals surface area contributed by atoms with Crippen LogP contribution in [0.25, 0.3) is 0 Å². The normalized spacial score (nSPS) is 18.8. The van der Waals surface area contributed by atoms with E-state index in [1.165, 1.54) is 51.5 Å². The van der Waals surface area contributed by atoms with Crippen molar-refractivity contribution in [3.05, 3.63) is 59.4 Å². The van der Waals surface area contributed by atoms with Crippen molar-refractivity contribution in [1.29, 1.82) is 0 Å². The molecule has 1 fully saturated rings. The molecule has 0 aliphatic carbocycles. The van der Waals surface area contributed by atoms with E-state index in [0.717, 1.165) is 4.90 Å². The Kier molecular flexibility index (Phi) is 5.04. The minimum atomic E-state index is -1.39. The second-order valence-electron chi connectivity index (χ2n) is 6.44. The summed E-state index contributed by atoms with van der Waals surface area (Å²) in [7, 11) is 2.87. The van der Waals surface area contributed by atoms with Crippen molar-refractivity contribution in [3.63, 3.8) is 0 Å². The molecule has 1 aliphatic heterocycles. The monoisotopic (exact) mass is 386 g/mol. The van der Waals surface area contributed by atoms with Crippen molar-refractivity contribution in [2.24, 2.45) is 0 Å². The number of Topliss-reactive ketones (excluding diaryl/α,β-unsaturated/α-hetero) is 1. The SMILES string of the molecule is COc1ccc(OC)c(C(=O)CN2C(=O)N[C@](C)(c3ccc(F)cc3)C2=O)c1. The predicted molar refractivity (Wildman–Crippen MR) is 97.9 cm³/mol. The number of hydrogen-bond acceptors (Lipinski definition) is 5. The van der Waals surface area contributed by atoms with Crippen molar-refractivity contribution < 1.29 is 28.2 Å². The molecule has 2 aromatic carbocycles. The molecule has 7 nitrogen and oxygen atoms in total. The van der Waals surface area contributed by atoms with Gasteiger partial charge in [0.2, 0.25) is 0 Å². The Balaban J connectivity index is 1.87. The highest BCUT2D eigenvalue weighted by atomic mass is 19.1. The topological polar surface area (TPSA) is 84.9 Å². The largest absolute Gasteiger partial charge is 0.497 e. The molecule has 28 heavy (non-hydrogen) atoms. The highest BCUT2D eigenvalue weighted by molar-refractivity contribution is 6.11. The van der Waals surface area contributed by atoms with Crippen LogP contribution in [0.4, 0.5) is 9.18 Å². The average Bonchev–Trinajstić information content (AvgIpc) is 2.91. The van der Waals surface area contributed by atoms with Crippen molar-refractivity contribution in [2.45, 2.75) is 12.5 Å². The number of ether oxygens (including phenoxy) is 2. The molecule has 1 N–H and O–H groups in total. The van der Waals surface area contributed by atoms with Gasteiger partial charge in [0.1, 0.15) is 22.9 Å². The van der Waals surface area contributed by atoms with Gasteiger partial charge in [-0.1, -0.05) is 12.1 Å². The van der Waals surface area contributed by atoms with Gasteiger partial charge < -0.3 is 14.8 Å². The molecule has 8 heteroatoms. The summed E-state index contributed by atoms with van der Waals surface area (Å²) in [5.74, 6) is -0.792. The fourth-order valence-electron chi connectivity index (χ4n) is 3.08. The molecule has 0 unspecified atom stereocenters. The first kappa shape index (κ1) is 19.3. The standard InChI is InChI=1S/C20H19FN2O5/c1-20(12-4-6-13(21)7-5-12)18(25)23(19(26)22-20)11-16(24)15-10-14(27-2)8-9-17(15)28-3/h4-10H,11H2,1-3H3,(H,22,26)/t20-/m1/s1. The molecule has 0 saturated carbocycles. The van der Waals surface area contributed by atoms with E-state index >= 15 is 0 Å². The molecule has 1 atom stereocenters. The zero-order valence-electron chi connectivity index (χ0n) is 15.6. The van der Waals surface area contributed by atoms with Crippen LogP contribution < -0.4 is 14.8 Å². The molecular formula is C20H19FN2O5. The van der Waals surface area contributed by atoms with Crippen LogP contribution in [-0.2, 0) is 10.3 Å². The van der Waals surface area contributed by atoms with Crippen molar-refractivity contribution in [2.75, 3.05) is 20.8 Å². The van der Waals surface area contributed by atoms with Crippen LogP contribution >= 0.6 is 0 Å². The van der Waals surface area contributed by atoms with Gasteiger partial charge in [-0.15, -0.1) is 0 Å². The number of urea groups is 1. The van der Waals surface area contributed by atoms with Crippen molar-refractivity contribution in [1.82, 2.24) is 10.2 Å². The quantitative estimate of drug-likeness (QED) is 0.609.